The summed E-state index contributed by atoms with van der Waals surface area (Å²) in [5, 5.41) is 0. The van der Waals surface area contributed by atoms with Gasteiger partial charge in [-0.2, -0.15) is 0 Å². The lowest BCUT2D eigenvalue weighted by atomic mass is 10.0. The number of anilines is 1. The van der Waals surface area contributed by atoms with E-state index in [-0.39, 0.29) is 0 Å². The van der Waals surface area contributed by atoms with Crippen LogP contribution in [0.2, 0.25) is 0 Å². The van der Waals surface area contributed by atoms with Gasteiger partial charge in [-0.05, 0) is 61.6 Å². The molecule has 0 spiro atoms. The van der Waals surface area contributed by atoms with Crippen LogP contribution in [-0.4, -0.2) is 19.7 Å². The Morgan fingerprint density at radius 2 is 1.74 bits per heavy atom. The summed E-state index contributed by atoms with van der Waals surface area (Å²) in [6, 6.07) is 15.0. The zero-order valence-corrected chi connectivity index (χ0v) is 15.1. The van der Waals surface area contributed by atoms with E-state index >= 15 is 0 Å². The first kappa shape index (κ1) is 17.4. The maximum atomic E-state index is 6.06. The topological polar surface area (TPSA) is 12.5 Å². The molecule has 0 aliphatic heterocycles. The van der Waals surface area contributed by atoms with Crippen molar-refractivity contribution in [3.63, 3.8) is 0 Å². The van der Waals surface area contributed by atoms with E-state index in [2.05, 4.69) is 75.9 Å². The van der Waals surface area contributed by atoms with Crippen LogP contribution in [0, 0.1) is 13.8 Å². The van der Waals surface area contributed by atoms with Gasteiger partial charge >= 0.3 is 0 Å². The molecule has 124 valence electrons. The van der Waals surface area contributed by atoms with Crippen molar-refractivity contribution in [3.8, 4) is 5.75 Å². The van der Waals surface area contributed by atoms with Crippen molar-refractivity contribution >= 4 is 5.69 Å². The number of ether oxygens (including phenoxy) is 1. The van der Waals surface area contributed by atoms with Crippen molar-refractivity contribution in [1.29, 1.82) is 0 Å². The molecule has 23 heavy (non-hydrogen) atoms. The van der Waals surface area contributed by atoms with E-state index in [1.165, 1.54) is 22.4 Å². The molecule has 2 rings (SSSR count). The number of hydrogen-bond donors (Lipinski definition) is 0. The van der Waals surface area contributed by atoms with E-state index in [0.717, 1.165) is 18.8 Å². The molecule has 0 atom stereocenters. The third kappa shape index (κ3) is 4.51. The zero-order valence-electron chi connectivity index (χ0n) is 15.1. The van der Waals surface area contributed by atoms with E-state index in [1.54, 1.807) is 0 Å². The lowest BCUT2D eigenvalue weighted by Gasteiger charge is -2.24. The van der Waals surface area contributed by atoms with Crippen molar-refractivity contribution in [1.82, 2.24) is 0 Å². The first-order valence-electron chi connectivity index (χ1n) is 8.56. The Morgan fingerprint density at radius 1 is 1.00 bits per heavy atom. The summed E-state index contributed by atoms with van der Waals surface area (Å²) in [5.74, 6) is 1.49. The summed E-state index contributed by atoms with van der Waals surface area (Å²) < 4.78 is 6.06. The predicted octanol–water partition coefficient (Wildman–Crippen LogP) is 5.33. The van der Waals surface area contributed by atoms with E-state index in [9.17, 15) is 0 Å². The fourth-order valence-corrected chi connectivity index (χ4v) is 2.75. The van der Waals surface area contributed by atoms with E-state index in [0.29, 0.717) is 12.5 Å². The summed E-state index contributed by atoms with van der Waals surface area (Å²) in [5.41, 5.74) is 5.23. The number of nitrogens with zero attached hydrogens (tertiary/aromatic N) is 1. The van der Waals surface area contributed by atoms with Crippen LogP contribution in [0.25, 0.3) is 0 Å². The predicted molar refractivity (Wildman–Crippen MR) is 99.8 cm³/mol. The molecule has 0 unspecified atom stereocenters. The summed E-state index contributed by atoms with van der Waals surface area (Å²) in [6.45, 7) is 13.5. The number of rotatable bonds is 7. The average Bonchev–Trinajstić information content (AvgIpc) is 2.54. The second-order valence-electron chi connectivity index (χ2n) is 6.39. The van der Waals surface area contributed by atoms with Crippen molar-refractivity contribution < 1.29 is 4.74 Å². The Bertz CT molecular complexity index is 633. The van der Waals surface area contributed by atoms with Gasteiger partial charge in [0, 0.05) is 12.2 Å². The van der Waals surface area contributed by atoms with Gasteiger partial charge in [-0.25, -0.2) is 0 Å². The van der Waals surface area contributed by atoms with Gasteiger partial charge in [0.15, 0.2) is 0 Å². The molecule has 0 saturated carbocycles. The molecule has 2 aromatic carbocycles. The highest BCUT2D eigenvalue weighted by Crippen LogP contribution is 2.26. The van der Waals surface area contributed by atoms with E-state index in [1.807, 2.05) is 6.07 Å². The molecular weight excluding hydrogens is 282 g/mol. The summed E-state index contributed by atoms with van der Waals surface area (Å²) in [4.78, 5) is 2.37. The summed E-state index contributed by atoms with van der Waals surface area (Å²) in [7, 11) is 0. The standard InChI is InChI=1S/C21H29NO/c1-6-22(19-12-11-17(4)18(5)15-19)13-14-23-21-10-8-7-9-20(21)16(2)3/h7-12,15-16H,6,13-14H2,1-5H3. The smallest absolute Gasteiger partial charge is 0.122 e. The number of aryl methyl sites for hydroxylation is 2. The fourth-order valence-electron chi connectivity index (χ4n) is 2.75. The van der Waals surface area contributed by atoms with Gasteiger partial charge in [0.05, 0.1) is 6.54 Å². The van der Waals surface area contributed by atoms with Crippen molar-refractivity contribution in [3.05, 3.63) is 59.2 Å². The molecule has 0 saturated heterocycles. The minimum atomic E-state index is 0.480. The van der Waals surface area contributed by atoms with Crippen LogP contribution in [0.3, 0.4) is 0 Å². The van der Waals surface area contributed by atoms with Crippen LogP contribution in [0.15, 0.2) is 42.5 Å². The van der Waals surface area contributed by atoms with Gasteiger partial charge in [0.25, 0.3) is 0 Å². The number of likely N-dealkylation sites (N-methyl/N-ethyl adjacent to an activating group) is 1. The van der Waals surface area contributed by atoms with Crippen LogP contribution in [0.4, 0.5) is 5.69 Å². The Morgan fingerprint density at radius 3 is 2.39 bits per heavy atom. The van der Waals surface area contributed by atoms with Gasteiger partial charge in [0.2, 0.25) is 0 Å². The molecule has 0 aromatic heterocycles. The summed E-state index contributed by atoms with van der Waals surface area (Å²) in [6.07, 6.45) is 0. The zero-order chi connectivity index (χ0) is 16.8. The maximum Gasteiger partial charge on any atom is 0.122 e. The SMILES string of the molecule is CCN(CCOc1ccccc1C(C)C)c1ccc(C)c(C)c1. The van der Waals surface area contributed by atoms with Crippen molar-refractivity contribution in [2.24, 2.45) is 0 Å². The Hall–Kier alpha value is -1.96. The quantitative estimate of drug-likeness (QED) is 0.685. The molecule has 2 nitrogen and oxygen atoms in total. The van der Waals surface area contributed by atoms with Gasteiger partial charge < -0.3 is 9.64 Å². The molecule has 2 heteroatoms. The average molecular weight is 311 g/mol. The van der Waals surface area contributed by atoms with E-state index < -0.39 is 0 Å². The van der Waals surface area contributed by atoms with E-state index in [4.69, 9.17) is 4.74 Å². The Labute approximate surface area is 141 Å². The third-order valence-corrected chi connectivity index (χ3v) is 4.40. The first-order valence-corrected chi connectivity index (χ1v) is 8.56. The molecule has 0 bridgehead atoms. The molecular formula is C21H29NO. The Kier molecular flexibility index (Phi) is 6.09. The number of para-hydroxylation sites is 1. The molecule has 0 heterocycles. The largest absolute Gasteiger partial charge is 0.491 e. The molecule has 0 amide bonds. The van der Waals surface area contributed by atoms with Crippen molar-refractivity contribution in [2.75, 3.05) is 24.6 Å². The molecule has 0 fully saturated rings. The lowest BCUT2D eigenvalue weighted by Crippen LogP contribution is -2.28. The number of hydrogen-bond acceptors (Lipinski definition) is 2. The highest BCUT2D eigenvalue weighted by atomic mass is 16.5. The first-order chi connectivity index (χ1) is 11.0. The number of benzene rings is 2. The summed E-state index contributed by atoms with van der Waals surface area (Å²) >= 11 is 0. The highest BCUT2D eigenvalue weighted by Gasteiger charge is 2.09. The van der Waals surface area contributed by atoms with Crippen LogP contribution >= 0.6 is 0 Å². The van der Waals surface area contributed by atoms with Gasteiger partial charge in [0.1, 0.15) is 12.4 Å². The minimum Gasteiger partial charge on any atom is -0.491 e. The fraction of sp³-hybridized carbons (Fsp3) is 0.429. The van der Waals surface area contributed by atoms with Crippen LogP contribution in [0.1, 0.15) is 43.4 Å². The van der Waals surface area contributed by atoms with Crippen LogP contribution < -0.4 is 9.64 Å². The third-order valence-electron chi connectivity index (χ3n) is 4.40. The molecule has 2 aromatic rings. The Balaban J connectivity index is 2.00. The van der Waals surface area contributed by atoms with Crippen LogP contribution in [0.5, 0.6) is 5.75 Å². The second kappa shape index (κ2) is 8.05. The van der Waals surface area contributed by atoms with Crippen molar-refractivity contribution in [2.45, 2.75) is 40.5 Å². The normalized spacial score (nSPS) is 10.9. The van der Waals surface area contributed by atoms with Crippen LogP contribution in [-0.2, 0) is 0 Å². The van der Waals surface area contributed by atoms with Gasteiger partial charge in [-0.15, -0.1) is 0 Å². The molecule has 0 N–H and O–H groups in total. The van der Waals surface area contributed by atoms with Gasteiger partial charge in [-0.3, -0.25) is 0 Å². The minimum absolute atomic E-state index is 0.480. The highest BCUT2D eigenvalue weighted by molar-refractivity contribution is 5.50. The molecule has 0 radical (unpaired) electrons. The molecule has 0 aliphatic rings. The second-order valence-corrected chi connectivity index (χ2v) is 6.39. The van der Waals surface area contributed by atoms with Gasteiger partial charge in [-0.1, -0.05) is 38.1 Å². The lowest BCUT2D eigenvalue weighted by molar-refractivity contribution is 0.319. The molecule has 0 aliphatic carbocycles. The monoisotopic (exact) mass is 311 g/mol. The maximum absolute atomic E-state index is 6.06.